The number of fused-ring (bicyclic) bond motifs is 1. The first-order valence-corrected chi connectivity index (χ1v) is 5.21. The van der Waals surface area contributed by atoms with Crippen LogP contribution >= 0.6 is 0 Å². The van der Waals surface area contributed by atoms with Gasteiger partial charge in [-0.05, 0) is 29.9 Å². The van der Waals surface area contributed by atoms with Gasteiger partial charge in [0.1, 0.15) is 5.75 Å². The lowest BCUT2D eigenvalue weighted by Gasteiger charge is -2.14. The molecule has 1 aliphatic rings. The van der Waals surface area contributed by atoms with Crippen LogP contribution in [-0.4, -0.2) is 5.11 Å². The molecule has 0 amide bonds. The molecule has 1 atom stereocenters. The second-order valence-corrected chi connectivity index (χ2v) is 4.38. The van der Waals surface area contributed by atoms with E-state index in [1.807, 2.05) is 6.07 Å². The molecule has 2 heteroatoms. The fourth-order valence-electron chi connectivity index (χ4n) is 2.22. The molecular formula is C12H17NO. The number of nitrogens with two attached hydrogens (primary N) is 1. The third-order valence-electron chi connectivity index (χ3n) is 3.06. The molecule has 0 bridgehead atoms. The maximum absolute atomic E-state index is 10.1. The third kappa shape index (κ3) is 1.30. The molecule has 1 aromatic carbocycles. The molecule has 1 aliphatic carbocycles. The van der Waals surface area contributed by atoms with Gasteiger partial charge in [-0.1, -0.05) is 26.0 Å². The largest absolute Gasteiger partial charge is 0.507 e. The summed E-state index contributed by atoms with van der Waals surface area (Å²) in [6.45, 7) is 4.17. The first kappa shape index (κ1) is 9.53. The lowest BCUT2D eigenvalue weighted by molar-refractivity contribution is 0.453. The van der Waals surface area contributed by atoms with E-state index >= 15 is 0 Å². The summed E-state index contributed by atoms with van der Waals surface area (Å²) in [7, 11) is 0. The molecule has 0 fully saturated rings. The average Bonchev–Trinajstić information content (AvgIpc) is 2.48. The standard InChI is InChI=1S/C12H17NO/c1-7(2)9-5-3-8-4-6-10(13)11(8)12(9)14/h3,5,7,10,14H,4,6,13H2,1-2H3/t10-/m0/s1. The Morgan fingerprint density at radius 1 is 1.43 bits per heavy atom. The van der Waals surface area contributed by atoms with Crippen LogP contribution in [0.3, 0.4) is 0 Å². The van der Waals surface area contributed by atoms with Crippen LogP contribution in [0, 0.1) is 0 Å². The van der Waals surface area contributed by atoms with Gasteiger partial charge >= 0.3 is 0 Å². The highest BCUT2D eigenvalue weighted by atomic mass is 16.3. The number of hydrogen-bond donors (Lipinski definition) is 2. The molecule has 0 unspecified atom stereocenters. The zero-order valence-corrected chi connectivity index (χ0v) is 8.75. The lowest BCUT2D eigenvalue weighted by Crippen LogP contribution is -2.06. The molecule has 0 spiro atoms. The molecule has 0 aliphatic heterocycles. The monoisotopic (exact) mass is 191 g/mol. The van der Waals surface area contributed by atoms with Crippen LogP contribution in [-0.2, 0) is 6.42 Å². The van der Waals surface area contributed by atoms with E-state index in [4.69, 9.17) is 5.73 Å². The number of aromatic hydroxyl groups is 1. The van der Waals surface area contributed by atoms with Crippen LogP contribution in [0.2, 0.25) is 0 Å². The van der Waals surface area contributed by atoms with E-state index in [2.05, 4.69) is 19.9 Å². The van der Waals surface area contributed by atoms with Crippen molar-refractivity contribution in [2.45, 2.75) is 38.6 Å². The van der Waals surface area contributed by atoms with Crippen LogP contribution in [0.4, 0.5) is 0 Å². The van der Waals surface area contributed by atoms with Crippen molar-refractivity contribution in [1.82, 2.24) is 0 Å². The van der Waals surface area contributed by atoms with E-state index in [1.165, 1.54) is 5.56 Å². The van der Waals surface area contributed by atoms with Gasteiger partial charge in [-0.3, -0.25) is 0 Å². The van der Waals surface area contributed by atoms with E-state index in [0.717, 1.165) is 24.0 Å². The molecule has 1 aromatic rings. The highest BCUT2D eigenvalue weighted by Gasteiger charge is 2.24. The zero-order valence-electron chi connectivity index (χ0n) is 8.75. The van der Waals surface area contributed by atoms with Gasteiger partial charge in [-0.2, -0.15) is 0 Å². The van der Waals surface area contributed by atoms with Crippen molar-refractivity contribution < 1.29 is 5.11 Å². The Kier molecular flexibility index (Phi) is 2.23. The Labute approximate surface area is 84.7 Å². The Morgan fingerprint density at radius 3 is 2.79 bits per heavy atom. The van der Waals surface area contributed by atoms with E-state index in [9.17, 15) is 5.11 Å². The Balaban J connectivity index is 2.56. The number of aryl methyl sites for hydroxylation is 1. The number of hydrogen-bond acceptors (Lipinski definition) is 2. The fourth-order valence-corrected chi connectivity index (χ4v) is 2.22. The third-order valence-corrected chi connectivity index (χ3v) is 3.06. The molecule has 0 radical (unpaired) electrons. The summed E-state index contributed by atoms with van der Waals surface area (Å²) in [5.74, 6) is 0.788. The van der Waals surface area contributed by atoms with Gasteiger partial charge in [0.05, 0.1) is 0 Å². The molecule has 76 valence electrons. The van der Waals surface area contributed by atoms with Crippen molar-refractivity contribution in [3.05, 3.63) is 28.8 Å². The SMILES string of the molecule is CC(C)c1ccc2c(c1O)[C@@H](N)CC2. The molecule has 0 heterocycles. The van der Waals surface area contributed by atoms with Crippen LogP contribution < -0.4 is 5.73 Å². The van der Waals surface area contributed by atoms with E-state index in [1.54, 1.807) is 0 Å². The van der Waals surface area contributed by atoms with E-state index in [0.29, 0.717) is 11.7 Å². The van der Waals surface area contributed by atoms with Gasteiger partial charge < -0.3 is 10.8 Å². The minimum atomic E-state index is 0.0312. The molecule has 2 rings (SSSR count). The molecule has 0 saturated heterocycles. The zero-order chi connectivity index (χ0) is 10.3. The van der Waals surface area contributed by atoms with Crippen LogP contribution in [0.5, 0.6) is 5.75 Å². The van der Waals surface area contributed by atoms with Crippen molar-refractivity contribution in [2.75, 3.05) is 0 Å². The highest BCUT2D eigenvalue weighted by Crippen LogP contribution is 2.40. The van der Waals surface area contributed by atoms with Gasteiger partial charge in [-0.15, -0.1) is 0 Å². The predicted molar refractivity (Wildman–Crippen MR) is 57.4 cm³/mol. The topological polar surface area (TPSA) is 46.2 Å². The quantitative estimate of drug-likeness (QED) is 0.716. The minimum absolute atomic E-state index is 0.0312. The molecule has 3 N–H and O–H groups in total. The molecule has 0 saturated carbocycles. The summed E-state index contributed by atoms with van der Waals surface area (Å²) in [5, 5.41) is 10.1. The van der Waals surface area contributed by atoms with Crippen LogP contribution in [0.15, 0.2) is 12.1 Å². The Bertz CT molecular complexity index is 358. The highest BCUT2D eigenvalue weighted by molar-refractivity contribution is 5.50. The average molecular weight is 191 g/mol. The van der Waals surface area contributed by atoms with Crippen molar-refractivity contribution in [2.24, 2.45) is 5.73 Å². The van der Waals surface area contributed by atoms with Crippen molar-refractivity contribution in [3.63, 3.8) is 0 Å². The molecule has 2 nitrogen and oxygen atoms in total. The lowest BCUT2D eigenvalue weighted by atomic mass is 9.96. The number of benzene rings is 1. The summed E-state index contributed by atoms with van der Waals surface area (Å²) in [6, 6.07) is 4.16. The van der Waals surface area contributed by atoms with Crippen molar-refractivity contribution >= 4 is 0 Å². The minimum Gasteiger partial charge on any atom is -0.507 e. The second-order valence-electron chi connectivity index (χ2n) is 4.38. The normalized spacial score (nSPS) is 20.1. The maximum Gasteiger partial charge on any atom is 0.124 e. The summed E-state index contributed by atoms with van der Waals surface area (Å²) in [6.07, 6.45) is 1.97. The Hall–Kier alpha value is -1.02. The smallest absolute Gasteiger partial charge is 0.124 e. The summed E-state index contributed by atoms with van der Waals surface area (Å²) < 4.78 is 0. The maximum atomic E-state index is 10.1. The molecule has 0 aromatic heterocycles. The van der Waals surface area contributed by atoms with Crippen LogP contribution in [0.1, 0.15) is 48.9 Å². The number of rotatable bonds is 1. The Morgan fingerprint density at radius 2 is 2.14 bits per heavy atom. The van der Waals surface area contributed by atoms with Crippen molar-refractivity contribution in [1.29, 1.82) is 0 Å². The van der Waals surface area contributed by atoms with Crippen molar-refractivity contribution in [3.8, 4) is 5.75 Å². The number of phenols is 1. The van der Waals surface area contributed by atoms with Crippen LogP contribution in [0.25, 0.3) is 0 Å². The first-order chi connectivity index (χ1) is 6.61. The fraction of sp³-hybridized carbons (Fsp3) is 0.500. The van der Waals surface area contributed by atoms with Gasteiger partial charge in [-0.25, -0.2) is 0 Å². The number of phenolic OH excluding ortho intramolecular Hbond substituents is 1. The second kappa shape index (κ2) is 3.28. The van der Waals surface area contributed by atoms with E-state index < -0.39 is 0 Å². The van der Waals surface area contributed by atoms with Gasteiger partial charge in [0, 0.05) is 11.6 Å². The van der Waals surface area contributed by atoms with Gasteiger partial charge in [0.15, 0.2) is 0 Å². The first-order valence-electron chi connectivity index (χ1n) is 5.21. The predicted octanol–water partition coefficient (Wildman–Crippen LogP) is 2.46. The van der Waals surface area contributed by atoms with Gasteiger partial charge in [0.2, 0.25) is 0 Å². The van der Waals surface area contributed by atoms with Gasteiger partial charge in [0.25, 0.3) is 0 Å². The molecule has 14 heavy (non-hydrogen) atoms. The summed E-state index contributed by atoms with van der Waals surface area (Å²) in [4.78, 5) is 0. The summed E-state index contributed by atoms with van der Waals surface area (Å²) >= 11 is 0. The summed E-state index contributed by atoms with van der Waals surface area (Å²) in [5.41, 5.74) is 9.18. The molecular weight excluding hydrogens is 174 g/mol. The van der Waals surface area contributed by atoms with E-state index in [-0.39, 0.29) is 6.04 Å².